The average molecular weight is 325 g/mol. The van der Waals surface area contributed by atoms with Gasteiger partial charge in [-0.05, 0) is 37.3 Å². The number of sulfonamides is 1. The number of aromatic nitrogens is 2. The summed E-state index contributed by atoms with van der Waals surface area (Å²) in [5.41, 5.74) is 1.16. The fourth-order valence-corrected chi connectivity index (χ4v) is 4.07. The summed E-state index contributed by atoms with van der Waals surface area (Å²) in [5.74, 6) is -0.222. The smallest absolute Gasteiger partial charge is 0.266 e. The molecule has 8 heteroatoms. The maximum Gasteiger partial charge on any atom is 0.283 e. The van der Waals surface area contributed by atoms with E-state index in [9.17, 15) is 13.2 Å². The Bertz CT molecular complexity index is 759. The minimum atomic E-state index is -3.81. The van der Waals surface area contributed by atoms with E-state index in [4.69, 9.17) is 0 Å². The van der Waals surface area contributed by atoms with Gasteiger partial charge < -0.3 is 0 Å². The Morgan fingerprint density at radius 2 is 2.29 bits per heavy atom. The molecule has 1 N–H and O–H groups in total. The second kappa shape index (κ2) is 5.27. The van der Waals surface area contributed by atoms with Crippen LogP contribution in [0.2, 0.25) is 0 Å². The van der Waals surface area contributed by atoms with Crippen LogP contribution in [0.15, 0.2) is 27.8 Å². The number of nitrogens with one attached hydrogen (secondary N) is 1. The standard InChI is InChI=1S/C13H15N3O3S2/c1-2-16-12(7-11(14-16)9-3-4-9)13(17)15-21(18,19)10-5-6-20-8-10/h5-9H,2-4H2,1H3,(H,15,17). The van der Waals surface area contributed by atoms with Gasteiger partial charge in [0.05, 0.1) is 10.6 Å². The van der Waals surface area contributed by atoms with Crippen molar-refractivity contribution < 1.29 is 13.2 Å². The first-order valence-corrected chi connectivity index (χ1v) is 9.11. The fourth-order valence-electron chi connectivity index (χ4n) is 2.08. The van der Waals surface area contributed by atoms with Gasteiger partial charge in [0.15, 0.2) is 0 Å². The highest BCUT2D eigenvalue weighted by atomic mass is 32.2. The molecule has 6 nitrogen and oxygen atoms in total. The number of carbonyl (C=O) groups excluding carboxylic acids is 1. The van der Waals surface area contributed by atoms with Crippen LogP contribution >= 0.6 is 11.3 Å². The summed E-state index contributed by atoms with van der Waals surface area (Å²) in [5, 5.41) is 7.51. The molecule has 112 valence electrons. The molecule has 0 bridgehead atoms. The summed E-state index contributed by atoms with van der Waals surface area (Å²) in [6.07, 6.45) is 2.16. The van der Waals surface area contributed by atoms with E-state index >= 15 is 0 Å². The summed E-state index contributed by atoms with van der Waals surface area (Å²) in [6, 6.07) is 3.16. The van der Waals surface area contributed by atoms with Gasteiger partial charge in [0.25, 0.3) is 15.9 Å². The van der Waals surface area contributed by atoms with Gasteiger partial charge in [0, 0.05) is 17.8 Å². The molecule has 1 saturated carbocycles. The third-order valence-electron chi connectivity index (χ3n) is 3.36. The Hall–Kier alpha value is -1.67. The van der Waals surface area contributed by atoms with E-state index in [1.165, 1.54) is 22.8 Å². The van der Waals surface area contributed by atoms with Crippen molar-refractivity contribution in [3.8, 4) is 0 Å². The molecule has 1 amide bonds. The van der Waals surface area contributed by atoms with Crippen molar-refractivity contribution in [1.82, 2.24) is 14.5 Å². The topological polar surface area (TPSA) is 81.1 Å². The van der Waals surface area contributed by atoms with Crippen LogP contribution in [0.25, 0.3) is 0 Å². The molecule has 2 heterocycles. The number of amides is 1. The third kappa shape index (κ3) is 2.86. The Kier molecular flexibility index (Phi) is 3.58. The molecule has 0 atom stereocenters. The normalized spacial score (nSPS) is 15.1. The molecular formula is C13H15N3O3S2. The Morgan fingerprint density at radius 1 is 1.52 bits per heavy atom. The minimum Gasteiger partial charge on any atom is -0.266 e. The van der Waals surface area contributed by atoms with Crippen LogP contribution in [0.4, 0.5) is 0 Å². The van der Waals surface area contributed by atoms with Gasteiger partial charge in [0.2, 0.25) is 0 Å². The summed E-state index contributed by atoms with van der Waals surface area (Å²) < 4.78 is 27.8. The van der Waals surface area contributed by atoms with E-state index in [1.54, 1.807) is 16.1 Å². The van der Waals surface area contributed by atoms with E-state index in [2.05, 4.69) is 9.82 Å². The highest BCUT2D eigenvalue weighted by Crippen LogP contribution is 2.39. The number of carbonyl (C=O) groups is 1. The molecule has 0 radical (unpaired) electrons. The van der Waals surface area contributed by atoms with Crippen LogP contribution in [0.5, 0.6) is 0 Å². The molecule has 1 aliphatic carbocycles. The molecule has 2 aromatic rings. The Balaban J connectivity index is 1.85. The molecular weight excluding hydrogens is 310 g/mol. The lowest BCUT2D eigenvalue weighted by Gasteiger charge is -2.06. The van der Waals surface area contributed by atoms with Crippen molar-refractivity contribution in [1.29, 1.82) is 0 Å². The SMILES string of the molecule is CCn1nc(C2CC2)cc1C(=O)NS(=O)(=O)c1ccsc1. The second-order valence-corrected chi connectivity index (χ2v) is 7.40. The van der Waals surface area contributed by atoms with E-state index in [0.717, 1.165) is 18.5 Å². The van der Waals surface area contributed by atoms with Crippen LogP contribution in [0.3, 0.4) is 0 Å². The first kappa shape index (κ1) is 14.3. The van der Waals surface area contributed by atoms with Crippen LogP contribution < -0.4 is 4.72 Å². The van der Waals surface area contributed by atoms with Gasteiger partial charge in [-0.3, -0.25) is 9.48 Å². The van der Waals surface area contributed by atoms with E-state index in [0.29, 0.717) is 18.2 Å². The maximum absolute atomic E-state index is 12.2. The molecule has 0 unspecified atom stereocenters. The lowest BCUT2D eigenvalue weighted by Crippen LogP contribution is -2.32. The van der Waals surface area contributed by atoms with E-state index in [1.807, 2.05) is 6.92 Å². The van der Waals surface area contributed by atoms with Gasteiger partial charge in [-0.2, -0.15) is 16.4 Å². The number of hydrogen-bond acceptors (Lipinski definition) is 5. The summed E-state index contributed by atoms with van der Waals surface area (Å²) in [7, 11) is -3.81. The maximum atomic E-state index is 12.2. The van der Waals surface area contributed by atoms with Crippen molar-refractivity contribution in [2.75, 3.05) is 0 Å². The van der Waals surface area contributed by atoms with Gasteiger partial charge in [0.1, 0.15) is 5.69 Å². The molecule has 0 saturated heterocycles. The van der Waals surface area contributed by atoms with Crippen molar-refractivity contribution in [3.63, 3.8) is 0 Å². The zero-order valence-electron chi connectivity index (χ0n) is 11.4. The van der Waals surface area contributed by atoms with Crippen molar-refractivity contribution in [2.24, 2.45) is 0 Å². The van der Waals surface area contributed by atoms with Crippen LogP contribution in [-0.4, -0.2) is 24.1 Å². The second-order valence-electron chi connectivity index (χ2n) is 4.94. The number of aryl methyl sites for hydroxylation is 1. The van der Waals surface area contributed by atoms with Gasteiger partial charge in [-0.15, -0.1) is 0 Å². The molecule has 3 rings (SSSR count). The van der Waals surface area contributed by atoms with Gasteiger partial charge in [-0.1, -0.05) is 0 Å². The highest BCUT2D eigenvalue weighted by Gasteiger charge is 2.29. The predicted octanol–water partition coefficient (Wildman–Crippen LogP) is 1.96. The van der Waals surface area contributed by atoms with Crippen LogP contribution in [0, 0.1) is 0 Å². The molecule has 21 heavy (non-hydrogen) atoms. The Labute approximate surface area is 126 Å². The largest absolute Gasteiger partial charge is 0.283 e. The molecule has 1 aliphatic rings. The van der Waals surface area contributed by atoms with E-state index < -0.39 is 15.9 Å². The quantitative estimate of drug-likeness (QED) is 0.911. The molecule has 0 aromatic carbocycles. The van der Waals surface area contributed by atoms with Crippen LogP contribution in [0.1, 0.15) is 41.9 Å². The number of thiophene rings is 1. The Morgan fingerprint density at radius 3 is 2.86 bits per heavy atom. The van der Waals surface area contributed by atoms with Crippen molar-refractivity contribution in [2.45, 2.75) is 37.1 Å². The van der Waals surface area contributed by atoms with Gasteiger partial charge in [-0.25, -0.2) is 13.1 Å². The molecule has 2 aromatic heterocycles. The van der Waals surface area contributed by atoms with Crippen molar-refractivity contribution in [3.05, 3.63) is 34.3 Å². The molecule has 1 fully saturated rings. The fraction of sp³-hybridized carbons (Fsp3) is 0.385. The van der Waals surface area contributed by atoms with Crippen LogP contribution in [-0.2, 0) is 16.6 Å². The first-order chi connectivity index (χ1) is 10.0. The highest BCUT2D eigenvalue weighted by molar-refractivity contribution is 7.90. The molecule has 0 aliphatic heterocycles. The number of nitrogens with zero attached hydrogens (tertiary/aromatic N) is 2. The zero-order chi connectivity index (χ0) is 15.0. The average Bonchev–Trinajstić information content (AvgIpc) is 2.98. The predicted molar refractivity (Wildman–Crippen MR) is 78.8 cm³/mol. The number of hydrogen-bond donors (Lipinski definition) is 1. The number of rotatable bonds is 5. The monoisotopic (exact) mass is 325 g/mol. The third-order valence-corrected chi connectivity index (χ3v) is 5.52. The minimum absolute atomic E-state index is 0.103. The lowest BCUT2D eigenvalue weighted by atomic mass is 10.2. The summed E-state index contributed by atoms with van der Waals surface area (Å²) in [6.45, 7) is 2.39. The van der Waals surface area contributed by atoms with E-state index in [-0.39, 0.29) is 4.90 Å². The van der Waals surface area contributed by atoms with Gasteiger partial charge >= 0.3 is 0 Å². The summed E-state index contributed by atoms with van der Waals surface area (Å²) in [4.78, 5) is 12.3. The lowest BCUT2D eigenvalue weighted by molar-refractivity contribution is 0.0971. The first-order valence-electron chi connectivity index (χ1n) is 6.68. The molecule has 0 spiro atoms. The van der Waals surface area contributed by atoms with Crippen molar-refractivity contribution >= 4 is 27.3 Å². The zero-order valence-corrected chi connectivity index (χ0v) is 13.1. The summed E-state index contributed by atoms with van der Waals surface area (Å²) >= 11 is 1.27.